The summed E-state index contributed by atoms with van der Waals surface area (Å²) in [5, 5.41) is 0. The third kappa shape index (κ3) is 6.05. The molecule has 0 spiro atoms. The maximum Gasteiger partial charge on any atom is 0.122 e. The summed E-state index contributed by atoms with van der Waals surface area (Å²) in [6.45, 7) is 2.17. The van der Waals surface area contributed by atoms with Crippen LogP contribution in [0.15, 0.2) is 0 Å². The lowest BCUT2D eigenvalue weighted by Gasteiger charge is -2.10. The Balaban J connectivity index is 3.27. The summed E-state index contributed by atoms with van der Waals surface area (Å²) in [5.41, 5.74) is 0. The van der Waals surface area contributed by atoms with Crippen LogP contribution in [0.3, 0.4) is 0 Å². The van der Waals surface area contributed by atoms with E-state index in [4.69, 9.17) is 4.74 Å². The van der Waals surface area contributed by atoms with E-state index in [1.54, 1.807) is 7.11 Å². The molecule has 66 valence electrons. The van der Waals surface area contributed by atoms with Crippen molar-refractivity contribution in [3.8, 4) is 0 Å². The lowest BCUT2D eigenvalue weighted by molar-refractivity contribution is -0.110. The third-order valence-corrected chi connectivity index (χ3v) is 1.82. The highest BCUT2D eigenvalue weighted by Crippen LogP contribution is 2.07. The van der Waals surface area contributed by atoms with Gasteiger partial charge in [-0.3, -0.25) is 0 Å². The van der Waals surface area contributed by atoms with Crippen LogP contribution in [-0.4, -0.2) is 19.5 Å². The molecule has 0 aromatic heterocycles. The number of hydrogen-bond donors (Lipinski definition) is 0. The maximum absolute atomic E-state index is 10.1. The Kier molecular flexibility index (Phi) is 7.47. The van der Waals surface area contributed by atoms with Crippen LogP contribution in [0.2, 0.25) is 0 Å². The molecule has 2 nitrogen and oxygen atoms in total. The third-order valence-electron chi connectivity index (χ3n) is 1.82. The molecule has 0 aliphatic rings. The summed E-state index contributed by atoms with van der Waals surface area (Å²) < 4.78 is 5.11. The molecule has 0 unspecified atom stereocenters. The molecule has 11 heavy (non-hydrogen) atoms. The van der Waals surface area contributed by atoms with Gasteiger partial charge in [-0.25, -0.2) is 0 Å². The summed E-state index contributed by atoms with van der Waals surface area (Å²) in [6, 6.07) is 0. The van der Waals surface area contributed by atoms with Gasteiger partial charge in [0.1, 0.15) is 6.29 Å². The fourth-order valence-electron chi connectivity index (χ4n) is 1.06. The Labute approximate surface area is 68.9 Å². The van der Waals surface area contributed by atoms with Crippen LogP contribution in [-0.2, 0) is 9.53 Å². The van der Waals surface area contributed by atoms with Gasteiger partial charge in [0.15, 0.2) is 0 Å². The molecule has 1 atom stereocenters. The molecule has 0 aromatic carbocycles. The fraction of sp³-hybridized carbons (Fsp3) is 0.889. The molecule has 0 rings (SSSR count). The van der Waals surface area contributed by atoms with E-state index in [2.05, 4.69) is 6.92 Å². The number of carbonyl (C=O) groups excluding carboxylic acids is 1. The Morgan fingerprint density at radius 1 is 1.45 bits per heavy atom. The van der Waals surface area contributed by atoms with Crippen LogP contribution in [0.25, 0.3) is 0 Å². The average Bonchev–Trinajstić information content (AvgIpc) is 2.03. The van der Waals surface area contributed by atoms with Crippen molar-refractivity contribution in [2.24, 2.45) is 0 Å². The van der Waals surface area contributed by atoms with E-state index >= 15 is 0 Å². The molecule has 0 heterocycles. The minimum Gasteiger partial charge on any atom is -0.381 e. The summed E-state index contributed by atoms with van der Waals surface area (Å²) in [7, 11) is 1.67. The van der Waals surface area contributed by atoms with Crippen LogP contribution in [0.1, 0.15) is 39.0 Å². The molecule has 0 aliphatic carbocycles. The number of ether oxygens (including phenoxy) is 1. The molecule has 0 fully saturated rings. The van der Waals surface area contributed by atoms with E-state index in [1.807, 2.05) is 0 Å². The van der Waals surface area contributed by atoms with E-state index in [0.29, 0.717) is 6.42 Å². The van der Waals surface area contributed by atoms with Gasteiger partial charge in [-0.2, -0.15) is 0 Å². The molecule has 0 aromatic rings. The first-order valence-electron chi connectivity index (χ1n) is 4.31. The Bertz CT molecular complexity index is 91.6. The smallest absolute Gasteiger partial charge is 0.122 e. The number of methoxy groups -OCH3 is 1. The van der Waals surface area contributed by atoms with Crippen molar-refractivity contribution in [2.75, 3.05) is 7.11 Å². The number of aldehydes is 1. The number of carbonyl (C=O) groups is 1. The lowest BCUT2D eigenvalue weighted by atomic mass is 10.1. The highest BCUT2D eigenvalue weighted by molar-refractivity contribution is 5.50. The molecule has 0 saturated carbocycles. The van der Waals surface area contributed by atoms with Crippen LogP contribution in [0.4, 0.5) is 0 Å². The first-order valence-corrected chi connectivity index (χ1v) is 4.31. The summed E-state index contributed by atoms with van der Waals surface area (Å²) in [6.07, 6.45) is 6.27. The molecular weight excluding hydrogens is 140 g/mol. The first-order chi connectivity index (χ1) is 5.35. The standard InChI is InChI=1S/C9H18O2/c1-3-4-5-6-9(11-2)7-8-10/h8-9H,3-7H2,1-2H3/t9-/m0/s1. The highest BCUT2D eigenvalue weighted by Gasteiger charge is 2.04. The van der Waals surface area contributed by atoms with E-state index < -0.39 is 0 Å². The average molecular weight is 158 g/mol. The topological polar surface area (TPSA) is 26.3 Å². The van der Waals surface area contributed by atoms with Gasteiger partial charge in [-0.15, -0.1) is 0 Å². The van der Waals surface area contributed by atoms with Crippen molar-refractivity contribution >= 4 is 6.29 Å². The van der Waals surface area contributed by atoms with Gasteiger partial charge in [0.05, 0.1) is 6.10 Å². The van der Waals surface area contributed by atoms with Crippen molar-refractivity contribution in [3.63, 3.8) is 0 Å². The predicted molar refractivity (Wildman–Crippen MR) is 45.6 cm³/mol. The van der Waals surface area contributed by atoms with Crippen molar-refractivity contribution in [3.05, 3.63) is 0 Å². The van der Waals surface area contributed by atoms with Crippen molar-refractivity contribution in [1.82, 2.24) is 0 Å². The van der Waals surface area contributed by atoms with E-state index in [0.717, 1.165) is 12.7 Å². The summed E-state index contributed by atoms with van der Waals surface area (Å²) in [4.78, 5) is 10.1. The number of rotatable bonds is 7. The minimum atomic E-state index is 0.152. The van der Waals surface area contributed by atoms with Gasteiger partial charge >= 0.3 is 0 Å². The summed E-state index contributed by atoms with van der Waals surface area (Å²) in [5.74, 6) is 0. The zero-order chi connectivity index (χ0) is 8.53. The van der Waals surface area contributed by atoms with Gasteiger partial charge in [0.25, 0.3) is 0 Å². The van der Waals surface area contributed by atoms with Crippen LogP contribution >= 0.6 is 0 Å². The van der Waals surface area contributed by atoms with Gasteiger partial charge in [0, 0.05) is 13.5 Å². The van der Waals surface area contributed by atoms with Crippen LogP contribution in [0, 0.1) is 0 Å². The SMILES string of the molecule is CCCCC[C@@H](CC=O)OC. The maximum atomic E-state index is 10.1. The monoisotopic (exact) mass is 158 g/mol. The summed E-state index contributed by atoms with van der Waals surface area (Å²) >= 11 is 0. The van der Waals surface area contributed by atoms with Crippen LogP contribution in [0.5, 0.6) is 0 Å². The van der Waals surface area contributed by atoms with E-state index in [1.165, 1.54) is 19.3 Å². The zero-order valence-corrected chi connectivity index (χ0v) is 7.51. The lowest BCUT2D eigenvalue weighted by Crippen LogP contribution is -2.10. The molecule has 0 amide bonds. The molecular formula is C9H18O2. The number of unbranched alkanes of at least 4 members (excludes halogenated alkanes) is 2. The number of hydrogen-bond acceptors (Lipinski definition) is 2. The molecule has 0 N–H and O–H groups in total. The predicted octanol–water partition coefficient (Wildman–Crippen LogP) is 2.17. The first kappa shape index (κ1) is 10.6. The molecule has 0 saturated heterocycles. The fourth-order valence-corrected chi connectivity index (χ4v) is 1.06. The van der Waals surface area contributed by atoms with Crippen molar-refractivity contribution in [2.45, 2.75) is 45.1 Å². The second-order valence-electron chi connectivity index (χ2n) is 2.76. The largest absolute Gasteiger partial charge is 0.381 e. The minimum absolute atomic E-state index is 0.152. The Morgan fingerprint density at radius 3 is 2.64 bits per heavy atom. The zero-order valence-electron chi connectivity index (χ0n) is 7.51. The quantitative estimate of drug-likeness (QED) is 0.419. The normalized spacial score (nSPS) is 12.9. The van der Waals surface area contributed by atoms with E-state index in [-0.39, 0.29) is 6.10 Å². The van der Waals surface area contributed by atoms with Crippen molar-refractivity contribution in [1.29, 1.82) is 0 Å². The molecule has 0 radical (unpaired) electrons. The van der Waals surface area contributed by atoms with E-state index in [9.17, 15) is 4.79 Å². The van der Waals surface area contributed by atoms with Gasteiger partial charge in [-0.05, 0) is 6.42 Å². The van der Waals surface area contributed by atoms with Gasteiger partial charge in [0.2, 0.25) is 0 Å². The molecule has 2 heteroatoms. The molecule has 0 aliphatic heterocycles. The second-order valence-corrected chi connectivity index (χ2v) is 2.76. The second kappa shape index (κ2) is 7.73. The van der Waals surface area contributed by atoms with Crippen LogP contribution < -0.4 is 0 Å². The Hall–Kier alpha value is -0.370. The van der Waals surface area contributed by atoms with Crippen molar-refractivity contribution < 1.29 is 9.53 Å². The highest BCUT2D eigenvalue weighted by atomic mass is 16.5. The Morgan fingerprint density at radius 2 is 2.18 bits per heavy atom. The molecule has 0 bridgehead atoms. The van der Waals surface area contributed by atoms with Gasteiger partial charge in [-0.1, -0.05) is 26.2 Å². The van der Waals surface area contributed by atoms with Gasteiger partial charge < -0.3 is 9.53 Å².